The molecule has 0 aliphatic rings. The van der Waals surface area contributed by atoms with Crippen LogP contribution in [0.3, 0.4) is 0 Å². The molecule has 0 bridgehead atoms. The minimum Gasteiger partial charge on any atom is -0.405 e. The van der Waals surface area contributed by atoms with Crippen molar-refractivity contribution in [3.63, 3.8) is 0 Å². The van der Waals surface area contributed by atoms with E-state index in [0.29, 0.717) is 0 Å². The van der Waals surface area contributed by atoms with E-state index in [2.05, 4.69) is 20.9 Å². The van der Waals surface area contributed by atoms with Crippen molar-refractivity contribution in [1.82, 2.24) is 4.98 Å². The predicted octanol–water partition coefficient (Wildman–Crippen LogP) is 5.29. The average Bonchev–Trinajstić information content (AvgIpc) is 2.45. The summed E-state index contributed by atoms with van der Waals surface area (Å²) in [5.74, 6) is -1.59. The van der Waals surface area contributed by atoms with Crippen molar-refractivity contribution in [1.29, 1.82) is 0 Å². The van der Waals surface area contributed by atoms with Crippen LogP contribution in [-0.2, 0) is 10.8 Å². The van der Waals surface area contributed by atoms with Gasteiger partial charge in [0.25, 0.3) is 0 Å². The van der Waals surface area contributed by atoms with E-state index in [1.165, 1.54) is 0 Å². The maximum Gasteiger partial charge on any atom is 0.413 e. The molecule has 0 amide bonds. The molecule has 3 nitrogen and oxygen atoms in total. The molecule has 0 aliphatic carbocycles. The molecule has 0 saturated carbocycles. The highest BCUT2D eigenvalue weighted by Gasteiger charge is 2.48. The molecule has 1 aromatic heterocycles. The summed E-state index contributed by atoms with van der Waals surface area (Å²) in [5.41, 5.74) is -0.706. The van der Waals surface area contributed by atoms with Gasteiger partial charge in [-0.2, -0.15) is 13.2 Å². The molecular weight excluding hydrogens is 422 g/mol. The Morgan fingerprint density at radius 1 is 1.32 bits per heavy atom. The Bertz CT molecular complexity index is 630. The van der Waals surface area contributed by atoms with Gasteiger partial charge in [0.1, 0.15) is 6.10 Å². The van der Waals surface area contributed by atoms with E-state index in [1.807, 2.05) is 20.8 Å². The fraction of sp³-hybridized carbons (Fsp3) is 0.625. The molecule has 0 aromatic carbocycles. The minimum absolute atomic E-state index is 0.128. The first-order chi connectivity index (χ1) is 11.2. The largest absolute Gasteiger partial charge is 0.413 e. The third-order valence-corrected chi connectivity index (χ3v) is 9.37. The van der Waals surface area contributed by atoms with Gasteiger partial charge in [-0.25, -0.2) is 4.39 Å². The smallest absolute Gasteiger partial charge is 0.405 e. The van der Waals surface area contributed by atoms with Crippen LogP contribution in [0.25, 0.3) is 0 Å². The van der Waals surface area contributed by atoms with Gasteiger partial charge in [0.15, 0.2) is 19.9 Å². The summed E-state index contributed by atoms with van der Waals surface area (Å²) in [6, 6.07) is 1.15. The van der Waals surface area contributed by atoms with E-state index in [-0.39, 0.29) is 10.9 Å². The number of Topliss-reactive ketones (excluding diaryl/α,β-unsaturated/α-hetero) is 1. The van der Waals surface area contributed by atoms with E-state index in [9.17, 15) is 22.4 Å². The van der Waals surface area contributed by atoms with Gasteiger partial charge in [-0.15, -0.1) is 0 Å². The molecule has 1 heterocycles. The quantitative estimate of drug-likeness (QED) is 0.259. The van der Waals surface area contributed by atoms with Gasteiger partial charge in [0.05, 0.1) is 16.6 Å². The Labute approximate surface area is 154 Å². The van der Waals surface area contributed by atoms with Crippen LogP contribution in [0.5, 0.6) is 0 Å². The number of ketones is 1. The Morgan fingerprint density at radius 2 is 1.88 bits per heavy atom. The second-order valence-electron chi connectivity index (χ2n) is 7.29. The van der Waals surface area contributed by atoms with Crippen LogP contribution in [0.2, 0.25) is 18.1 Å². The molecule has 0 saturated heterocycles. The second-order valence-corrected chi connectivity index (χ2v) is 12.6. The number of rotatable bonds is 6. The fourth-order valence-corrected chi connectivity index (χ4v) is 3.43. The van der Waals surface area contributed by atoms with E-state index in [4.69, 9.17) is 4.43 Å². The van der Waals surface area contributed by atoms with Gasteiger partial charge < -0.3 is 4.43 Å². The standard InChI is InChI=1S/C16H22BrF4NO2Si/c1-15(2,3)25(4,5)24-13(16(19,20)21)8-11-14(18)10(6-7-22-11)12(23)9-17/h6-7,13H,8-9H2,1-5H3. The van der Waals surface area contributed by atoms with Crippen molar-refractivity contribution in [3.05, 3.63) is 29.3 Å². The summed E-state index contributed by atoms with van der Waals surface area (Å²) >= 11 is 2.92. The molecule has 142 valence electrons. The van der Waals surface area contributed by atoms with Crippen molar-refractivity contribution in [2.24, 2.45) is 0 Å². The lowest BCUT2D eigenvalue weighted by molar-refractivity contribution is -0.198. The van der Waals surface area contributed by atoms with Crippen LogP contribution in [0, 0.1) is 5.82 Å². The van der Waals surface area contributed by atoms with E-state index < -0.39 is 49.4 Å². The van der Waals surface area contributed by atoms with E-state index >= 15 is 0 Å². The molecular formula is C16H22BrF4NO2Si. The minimum atomic E-state index is -4.67. The maximum atomic E-state index is 14.4. The second kappa shape index (κ2) is 7.83. The highest BCUT2D eigenvalue weighted by atomic mass is 79.9. The Morgan fingerprint density at radius 3 is 2.32 bits per heavy atom. The first-order valence-corrected chi connectivity index (χ1v) is 11.7. The molecule has 0 fully saturated rings. The van der Waals surface area contributed by atoms with Gasteiger partial charge in [-0.3, -0.25) is 9.78 Å². The van der Waals surface area contributed by atoms with Crippen LogP contribution in [0.15, 0.2) is 12.3 Å². The van der Waals surface area contributed by atoms with Crippen molar-refractivity contribution >= 4 is 30.0 Å². The number of carbonyl (C=O) groups excluding carboxylic acids is 1. The van der Waals surface area contributed by atoms with Gasteiger partial charge in [0.2, 0.25) is 0 Å². The molecule has 9 heteroatoms. The molecule has 25 heavy (non-hydrogen) atoms. The van der Waals surface area contributed by atoms with Crippen LogP contribution >= 0.6 is 15.9 Å². The van der Waals surface area contributed by atoms with E-state index in [1.54, 1.807) is 13.1 Å². The normalized spacial score (nSPS) is 14.5. The number of nitrogens with zero attached hydrogens (tertiary/aromatic N) is 1. The van der Waals surface area contributed by atoms with Crippen LogP contribution in [0.1, 0.15) is 36.8 Å². The molecule has 1 atom stereocenters. The first kappa shape index (κ1) is 22.2. The monoisotopic (exact) mass is 443 g/mol. The maximum absolute atomic E-state index is 14.4. The zero-order valence-electron chi connectivity index (χ0n) is 14.8. The van der Waals surface area contributed by atoms with Gasteiger partial charge in [-0.1, -0.05) is 36.7 Å². The molecule has 0 N–H and O–H groups in total. The van der Waals surface area contributed by atoms with Crippen molar-refractivity contribution in [2.45, 2.75) is 57.6 Å². The first-order valence-electron chi connectivity index (χ1n) is 7.67. The predicted molar refractivity (Wildman–Crippen MR) is 94.1 cm³/mol. The Hall–Kier alpha value is -0.803. The summed E-state index contributed by atoms with van der Waals surface area (Å²) < 4.78 is 60.2. The van der Waals surface area contributed by atoms with Crippen LogP contribution in [-0.4, -0.2) is 36.7 Å². The van der Waals surface area contributed by atoms with Crippen molar-refractivity contribution in [2.75, 3.05) is 5.33 Å². The third-order valence-electron chi connectivity index (χ3n) is 4.37. The number of halogens is 5. The molecule has 1 unspecified atom stereocenters. The molecule has 1 rings (SSSR count). The van der Waals surface area contributed by atoms with Crippen LogP contribution in [0.4, 0.5) is 17.6 Å². The summed E-state index contributed by atoms with van der Waals surface area (Å²) in [4.78, 5) is 15.4. The lowest BCUT2D eigenvalue weighted by Crippen LogP contribution is -2.49. The molecule has 0 radical (unpaired) electrons. The highest BCUT2D eigenvalue weighted by Crippen LogP contribution is 2.40. The molecule has 1 aromatic rings. The van der Waals surface area contributed by atoms with Crippen molar-refractivity contribution < 1.29 is 26.8 Å². The number of alkyl halides is 4. The number of carbonyl (C=O) groups is 1. The summed E-state index contributed by atoms with van der Waals surface area (Å²) in [7, 11) is -2.74. The fourth-order valence-electron chi connectivity index (χ4n) is 1.85. The Kier molecular flexibility index (Phi) is 6.97. The summed E-state index contributed by atoms with van der Waals surface area (Å²) in [6.45, 7) is 8.85. The number of hydrogen-bond donors (Lipinski definition) is 0. The van der Waals surface area contributed by atoms with Gasteiger partial charge in [-0.05, 0) is 24.2 Å². The topological polar surface area (TPSA) is 39.2 Å². The number of pyridine rings is 1. The van der Waals surface area contributed by atoms with E-state index in [0.717, 1.165) is 12.3 Å². The number of hydrogen-bond acceptors (Lipinski definition) is 3. The highest BCUT2D eigenvalue weighted by molar-refractivity contribution is 9.09. The summed E-state index contributed by atoms with van der Waals surface area (Å²) in [5, 5.41) is -0.563. The molecule has 0 spiro atoms. The molecule has 0 aliphatic heterocycles. The zero-order chi connectivity index (χ0) is 19.6. The zero-order valence-corrected chi connectivity index (χ0v) is 17.4. The van der Waals surface area contributed by atoms with Crippen molar-refractivity contribution in [3.8, 4) is 0 Å². The average molecular weight is 444 g/mol. The Balaban J connectivity index is 3.20. The number of aromatic nitrogens is 1. The third kappa shape index (κ3) is 5.59. The van der Waals surface area contributed by atoms with Gasteiger partial charge >= 0.3 is 6.18 Å². The van der Waals surface area contributed by atoms with Crippen LogP contribution < -0.4 is 0 Å². The lowest BCUT2D eigenvalue weighted by atomic mass is 10.1. The van der Waals surface area contributed by atoms with Gasteiger partial charge in [0, 0.05) is 12.6 Å². The SMILES string of the molecule is CC(C)(C)[Si](C)(C)OC(Cc1nccc(C(=O)CBr)c1F)C(F)(F)F. The summed E-state index contributed by atoms with van der Waals surface area (Å²) in [6.07, 6.45) is -6.48. The lowest BCUT2D eigenvalue weighted by Gasteiger charge is -2.39.